The van der Waals surface area contributed by atoms with Crippen LogP contribution in [0.25, 0.3) is 0 Å². The average Bonchev–Trinajstić information content (AvgIpc) is 2.54. The van der Waals surface area contributed by atoms with Crippen molar-refractivity contribution in [3.8, 4) is 0 Å². The highest BCUT2D eigenvalue weighted by Crippen LogP contribution is 2.26. The molecule has 0 aliphatic carbocycles. The summed E-state index contributed by atoms with van der Waals surface area (Å²) in [7, 11) is 1.28. The summed E-state index contributed by atoms with van der Waals surface area (Å²) >= 11 is 0. The van der Waals surface area contributed by atoms with Crippen molar-refractivity contribution in [1.29, 1.82) is 0 Å². The maximum atomic E-state index is 12.0. The van der Waals surface area contributed by atoms with E-state index < -0.39 is 6.16 Å². The summed E-state index contributed by atoms with van der Waals surface area (Å²) in [4.78, 5) is 22.7. The zero-order valence-electron chi connectivity index (χ0n) is 14.0. The van der Waals surface area contributed by atoms with E-state index in [0.29, 0.717) is 5.56 Å². The molecule has 0 bridgehead atoms. The van der Waals surface area contributed by atoms with Crippen molar-refractivity contribution in [2.24, 2.45) is 5.41 Å². The molecule has 4 nitrogen and oxygen atoms in total. The first-order chi connectivity index (χ1) is 10.9. The predicted molar refractivity (Wildman–Crippen MR) is 90.4 cm³/mol. The molecule has 0 radical (unpaired) electrons. The van der Waals surface area contributed by atoms with Gasteiger partial charge < -0.3 is 9.47 Å². The van der Waals surface area contributed by atoms with E-state index in [-0.39, 0.29) is 17.8 Å². The molecule has 0 saturated heterocycles. The largest absolute Gasteiger partial charge is 0.508 e. The summed E-state index contributed by atoms with van der Waals surface area (Å²) < 4.78 is 9.13. The third-order valence-electron chi connectivity index (χ3n) is 3.30. The number of benzene rings is 1. The van der Waals surface area contributed by atoms with Gasteiger partial charge in [-0.2, -0.15) is 0 Å². The lowest BCUT2D eigenvalue weighted by Gasteiger charge is -2.20. The van der Waals surface area contributed by atoms with E-state index in [1.54, 1.807) is 12.2 Å². The first-order valence-corrected chi connectivity index (χ1v) is 7.56. The van der Waals surface area contributed by atoms with Gasteiger partial charge in [0.25, 0.3) is 0 Å². The minimum absolute atomic E-state index is 0.0171. The van der Waals surface area contributed by atoms with Crippen molar-refractivity contribution in [2.45, 2.75) is 26.7 Å². The molecule has 0 amide bonds. The molecule has 124 valence electrons. The quantitative estimate of drug-likeness (QED) is 0.305. The third-order valence-corrected chi connectivity index (χ3v) is 3.30. The first kappa shape index (κ1) is 18.7. The maximum absolute atomic E-state index is 12.0. The summed E-state index contributed by atoms with van der Waals surface area (Å²) in [6.07, 6.45) is 8.22. The average molecular weight is 316 g/mol. The number of ether oxygens (including phenoxy) is 2. The molecule has 1 aromatic carbocycles. The zero-order chi connectivity index (χ0) is 17.1. The molecular formula is C19H24O4. The number of rotatable bonds is 8. The molecule has 0 aromatic heterocycles. The van der Waals surface area contributed by atoms with Gasteiger partial charge in [0, 0.05) is 5.56 Å². The van der Waals surface area contributed by atoms with E-state index in [0.717, 1.165) is 12.8 Å². The van der Waals surface area contributed by atoms with Gasteiger partial charge in [-0.15, -0.1) is 0 Å². The van der Waals surface area contributed by atoms with Crippen LogP contribution in [-0.2, 0) is 9.47 Å². The number of allylic oxidation sites excluding steroid dienone is 3. The molecule has 0 N–H and O–H groups in total. The van der Waals surface area contributed by atoms with E-state index in [9.17, 15) is 9.59 Å². The van der Waals surface area contributed by atoms with Crippen LogP contribution < -0.4 is 0 Å². The van der Waals surface area contributed by atoms with Gasteiger partial charge in [-0.1, -0.05) is 62.4 Å². The normalized spacial score (nSPS) is 11.8. The van der Waals surface area contributed by atoms with Gasteiger partial charge in [0.05, 0.1) is 7.11 Å². The second-order valence-electron chi connectivity index (χ2n) is 5.94. The number of hydrogen-bond acceptors (Lipinski definition) is 4. The predicted octanol–water partition coefficient (Wildman–Crippen LogP) is 4.57. The fraction of sp³-hybridized carbons (Fsp3) is 0.368. The Hall–Kier alpha value is -2.36. The van der Waals surface area contributed by atoms with Gasteiger partial charge in [0.1, 0.15) is 6.61 Å². The topological polar surface area (TPSA) is 52.6 Å². The maximum Gasteiger partial charge on any atom is 0.508 e. The monoisotopic (exact) mass is 316 g/mol. The zero-order valence-corrected chi connectivity index (χ0v) is 14.0. The van der Waals surface area contributed by atoms with Crippen molar-refractivity contribution in [2.75, 3.05) is 13.7 Å². The van der Waals surface area contributed by atoms with Crippen LogP contribution in [0.2, 0.25) is 0 Å². The van der Waals surface area contributed by atoms with Gasteiger partial charge in [-0.05, 0) is 24.3 Å². The second-order valence-corrected chi connectivity index (χ2v) is 5.94. The lowest BCUT2D eigenvalue weighted by molar-refractivity contribution is 0.0817. The van der Waals surface area contributed by atoms with Gasteiger partial charge in [0.15, 0.2) is 5.78 Å². The van der Waals surface area contributed by atoms with E-state index in [2.05, 4.69) is 18.6 Å². The Morgan fingerprint density at radius 2 is 1.70 bits per heavy atom. The number of hydrogen-bond donors (Lipinski definition) is 0. The Morgan fingerprint density at radius 3 is 2.35 bits per heavy atom. The van der Waals surface area contributed by atoms with E-state index in [4.69, 9.17) is 4.74 Å². The minimum Gasteiger partial charge on any atom is -0.438 e. The number of methoxy groups -OCH3 is 1. The van der Waals surface area contributed by atoms with E-state index in [1.807, 2.05) is 42.5 Å². The number of ketones is 1. The van der Waals surface area contributed by atoms with Crippen molar-refractivity contribution < 1.29 is 19.1 Å². The van der Waals surface area contributed by atoms with Gasteiger partial charge in [-0.3, -0.25) is 4.79 Å². The van der Waals surface area contributed by atoms with Gasteiger partial charge >= 0.3 is 6.16 Å². The highest BCUT2D eigenvalue weighted by atomic mass is 16.7. The van der Waals surface area contributed by atoms with E-state index in [1.165, 1.54) is 7.11 Å². The van der Waals surface area contributed by atoms with Crippen LogP contribution in [0.15, 0.2) is 54.6 Å². The highest BCUT2D eigenvalue weighted by Gasteiger charge is 2.14. The number of carbonyl (C=O) groups excluding carboxylic acids is 2. The molecule has 0 atom stereocenters. The molecule has 1 rings (SSSR count). The van der Waals surface area contributed by atoms with Crippen LogP contribution in [0.3, 0.4) is 0 Å². The molecule has 0 heterocycles. The lowest BCUT2D eigenvalue weighted by Crippen LogP contribution is -2.09. The Morgan fingerprint density at radius 1 is 1.04 bits per heavy atom. The molecule has 1 aromatic rings. The molecule has 0 unspecified atom stereocenters. The molecule has 0 aliphatic heterocycles. The van der Waals surface area contributed by atoms with E-state index >= 15 is 0 Å². The summed E-state index contributed by atoms with van der Waals surface area (Å²) in [6.45, 7) is 4.44. The van der Waals surface area contributed by atoms with Crippen molar-refractivity contribution >= 4 is 11.9 Å². The Bertz CT molecular complexity index is 556. The number of carbonyl (C=O) groups is 2. The molecule has 4 heteroatoms. The van der Waals surface area contributed by atoms with Gasteiger partial charge in [0.2, 0.25) is 0 Å². The highest BCUT2D eigenvalue weighted by molar-refractivity contribution is 6.04. The fourth-order valence-electron chi connectivity index (χ4n) is 1.91. The summed E-state index contributed by atoms with van der Waals surface area (Å²) in [5, 5.41) is 0. The first-order valence-electron chi connectivity index (χ1n) is 7.56. The smallest absolute Gasteiger partial charge is 0.438 e. The summed E-state index contributed by atoms with van der Waals surface area (Å²) in [5.41, 5.74) is 0.719. The fourth-order valence-corrected chi connectivity index (χ4v) is 1.91. The van der Waals surface area contributed by atoms with Crippen LogP contribution >= 0.6 is 0 Å². The molecule has 23 heavy (non-hydrogen) atoms. The Labute approximate surface area is 137 Å². The standard InChI is InChI=1S/C19H24O4/c1-19(2,13-7-8-15-23-18(21)22-3)14-9-12-17(20)16-10-5-4-6-11-16/h4-12H,13-15H2,1-3H3/b8-7+,12-9+. The summed E-state index contributed by atoms with van der Waals surface area (Å²) in [6, 6.07) is 9.21. The molecule has 0 aliphatic rings. The molecule has 0 saturated carbocycles. The van der Waals surface area contributed by atoms with Crippen LogP contribution in [-0.4, -0.2) is 25.7 Å². The molecular weight excluding hydrogens is 292 g/mol. The van der Waals surface area contributed by atoms with Gasteiger partial charge in [-0.25, -0.2) is 4.79 Å². The van der Waals surface area contributed by atoms with Crippen molar-refractivity contribution in [1.82, 2.24) is 0 Å². The van der Waals surface area contributed by atoms with Crippen molar-refractivity contribution in [3.05, 3.63) is 60.2 Å². The SMILES string of the molecule is COC(=O)OC/C=C/CC(C)(C)C/C=C/C(=O)c1ccccc1. The van der Waals surface area contributed by atoms with Crippen LogP contribution in [0.1, 0.15) is 37.0 Å². The Balaban J connectivity index is 2.37. The van der Waals surface area contributed by atoms with Crippen LogP contribution in [0.5, 0.6) is 0 Å². The third kappa shape index (κ3) is 8.00. The van der Waals surface area contributed by atoms with Crippen LogP contribution in [0.4, 0.5) is 4.79 Å². The van der Waals surface area contributed by atoms with Crippen LogP contribution in [0, 0.1) is 5.41 Å². The minimum atomic E-state index is -0.684. The molecule has 0 fully saturated rings. The second kappa shape index (κ2) is 9.62. The Kier molecular flexibility index (Phi) is 7.81. The van der Waals surface area contributed by atoms with Crippen molar-refractivity contribution in [3.63, 3.8) is 0 Å². The lowest BCUT2D eigenvalue weighted by atomic mass is 9.85. The molecule has 0 spiro atoms. The summed E-state index contributed by atoms with van der Waals surface area (Å²) in [5.74, 6) is 0.0171.